The van der Waals surface area contributed by atoms with Gasteiger partial charge in [0.05, 0.1) is 5.92 Å². The number of rotatable bonds is 7. The van der Waals surface area contributed by atoms with Crippen LogP contribution in [-0.2, 0) is 23.9 Å². The molecule has 0 aromatic carbocycles. The zero-order chi connectivity index (χ0) is 11.8. The molecule has 0 radical (unpaired) electrons. The fourth-order valence-corrected chi connectivity index (χ4v) is 0.668. The van der Waals surface area contributed by atoms with Crippen molar-refractivity contribution in [1.29, 1.82) is 0 Å². The predicted molar refractivity (Wildman–Crippen MR) is 49.0 cm³/mol. The van der Waals surface area contributed by atoms with Gasteiger partial charge in [0.1, 0.15) is 6.29 Å². The van der Waals surface area contributed by atoms with Gasteiger partial charge < -0.3 is 19.4 Å². The minimum Gasteiger partial charge on any atom is -0.479 e. The van der Waals surface area contributed by atoms with Crippen molar-refractivity contribution < 1.29 is 29.0 Å². The van der Waals surface area contributed by atoms with E-state index in [4.69, 9.17) is 9.84 Å². The zero-order valence-corrected chi connectivity index (χ0v) is 8.63. The maximum atomic E-state index is 10.9. The molecule has 0 aromatic heterocycles. The van der Waals surface area contributed by atoms with Gasteiger partial charge in [0.15, 0.2) is 12.9 Å². The molecule has 1 N–H and O–H groups in total. The number of hydrogen-bond acceptors (Lipinski definition) is 5. The van der Waals surface area contributed by atoms with Crippen molar-refractivity contribution in [3.8, 4) is 0 Å². The molecule has 0 rings (SSSR count). The number of aliphatic carboxylic acids is 1. The van der Waals surface area contributed by atoms with Crippen molar-refractivity contribution >= 4 is 18.2 Å². The second kappa shape index (κ2) is 6.94. The third kappa shape index (κ3) is 5.79. The van der Waals surface area contributed by atoms with Crippen molar-refractivity contribution in [2.24, 2.45) is 5.92 Å². The van der Waals surface area contributed by atoms with Gasteiger partial charge in [-0.3, -0.25) is 4.79 Å². The average molecular weight is 218 g/mol. The van der Waals surface area contributed by atoms with Gasteiger partial charge in [-0.15, -0.1) is 0 Å². The lowest BCUT2D eigenvalue weighted by molar-refractivity contribution is -0.174. The van der Waals surface area contributed by atoms with Gasteiger partial charge in [-0.1, -0.05) is 13.8 Å². The van der Waals surface area contributed by atoms with Crippen LogP contribution in [0, 0.1) is 5.92 Å². The highest BCUT2D eigenvalue weighted by Crippen LogP contribution is 2.00. The highest BCUT2D eigenvalue weighted by atomic mass is 16.7. The van der Waals surface area contributed by atoms with Gasteiger partial charge in [-0.05, 0) is 0 Å². The first-order valence-corrected chi connectivity index (χ1v) is 4.43. The van der Waals surface area contributed by atoms with Crippen LogP contribution >= 0.6 is 0 Å². The van der Waals surface area contributed by atoms with Crippen molar-refractivity contribution in [3.63, 3.8) is 0 Å². The third-order valence-electron chi connectivity index (χ3n) is 1.53. The monoisotopic (exact) mass is 218 g/mol. The number of carbonyl (C=O) groups is 3. The van der Waals surface area contributed by atoms with Crippen LogP contribution < -0.4 is 0 Å². The third-order valence-corrected chi connectivity index (χ3v) is 1.53. The van der Waals surface area contributed by atoms with Crippen LogP contribution in [0.2, 0.25) is 0 Å². The number of carboxylic acids is 1. The normalized spacial score (nSPS) is 12.2. The maximum absolute atomic E-state index is 10.9. The van der Waals surface area contributed by atoms with Crippen LogP contribution in [0.1, 0.15) is 20.3 Å². The molecule has 0 bridgehead atoms. The second-order valence-corrected chi connectivity index (χ2v) is 3.13. The van der Waals surface area contributed by atoms with Gasteiger partial charge in [-0.25, -0.2) is 4.79 Å². The molecule has 6 nitrogen and oxygen atoms in total. The molecule has 1 atom stereocenters. The fraction of sp³-hybridized carbons (Fsp3) is 0.667. The molecule has 0 aliphatic heterocycles. The summed E-state index contributed by atoms with van der Waals surface area (Å²) in [5.41, 5.74) is 0. The van der Waals surface area contributed by atoms with E-state index >= 15 is 0 Å². The molecule has 6 heteroatoms. The number of esters is 1. The first kappa shape index (κ1) is 13.6. The van der Waals surface area contributed by atoms with E-state index in [0.717, 1.165) is 0 Å². The molecular formula is C9H14O6. The molecule has 0 saturated carbocycles. The maximum Gasteiger partial charge on any atom is 0.333 e. The Morgan fingerprint density at radius 2 is 2.00 bits per heavy atom. The van der Waals surface area contributed by atoms with Gasteiger partial charge in [0.2, 0.25) is 0 Å². The molecule has 0 saturated heterocycles. The Morgan fingerprint density at radius 3 is 2.40 bits per heavy atom. The van der Waals surface area contributed by atoms with Crippen molar-refractivity contribution in [2.75, 3.05) is 6.79 Å². The molecule has 0 fully saturated rings. The number of carbonyl (C=O) groups excluding carboxylic acids is 2. The van der Waals surface area contributed by atoms with Crippen LogP contribution in [-0.4, -0.2) is 36.2 Å². The van der Waals surface area contributed by atoms with Gasteiger partial charge in [-0.2, -0.15) is 0 Å². The molecule has 86 valence electrons. The second-order valence-electron chi connectivity index (χ2n) is 3.13. The lowest BCUT2D eigenvalue weighted by Gasteiger charge is -2.11. The lowest BCUT2D eigenvalue weighted by Crippen LogP contribution is -2.26. The quantitative estimate of drug-likeness (QED) is 0.373. The van der Waals surface area contributed by atoms with E-state index in [-0.39, 0.29) is 12.3 Å². The summed E-state index contributed by atoms with van der Waals surface area (Å²) in [7, 11) is 0. The van der Waals surface area contributed by atoms with E-state index in [0.29, 0.717) is 6.29 Å². The minimum atomic E-state index is -1.26. The Hall–Kier alpha value is -1.43. The van der Waals surface area contributed by atoms with Crippen molar-refractivity contribution in [2.45, 2.75) is 26.4 Å². The largest absolute Gasteiger partial charge is 0.479 e. The number of ether oxygens (including phenoxy) is 2. The van der Waals surface area contributed by atoms with Crippen molar-refractivity contribution in [1.82, 2.24) is 0 Å². The minimum absolute atomic E-state index is 0.269. The van der Waals surface area contributed by atoms with E-state index in [1.807, 2.05) is 0 Å². The Kier molecular flexibility index (Phi) is 6.28. The van der Waals surface area contributed by atoms with E-state index in [2.05, 4.69) is 4.74 Å². The highest BCUT2D eigenvalue weighted by Gasteiger charge is 2.18. The van der Waals surface area contributed by atoms with Crippen molar-refractivity contribution in [3.05, 3.63) is 0 Å². The molecule has 0 heterocycles. The number of aldehydes is 1. The molecule has 0 aliphatic carbocycles. The van der Waals surface area contributed by atoms with Gasteiger partial charge in [0.25, 0.3) is 0 Å². The fourth-order valence-electron chi connectivity index (χ4n) is 0.668. The summed E-state index contributed by atoms with van der Waals surface area (Å²) >= 11 is 0. The number of carboxylic acid groups (broad SMARTS) is 1. The van der Waals surface area contributed by atoms with E-state index in [1.165, 1.54) is 0 Å². The van der Waals surface area contributed by atoms with Crippen LogP contribution in [0.3, 0.4) is 0 Å². The molecule has 0 aromatic rings. The summed E-state index contributed by atoms with van der Waals surface area (Å²) < 4.78 is 9.28. The van der Waals surface area contributed by atoms with Gasteiger partial charge in [0, 0.05) is 6.42 Å². The number of hydrogen-bond donors (Lipinski definition) is 1. The molecule has 15 heavy (non-hydrogen) atoms. The molecule has 1 unspecified atom stereocenters. The molecular weight excluding hydrogens is 204 g/mol. The summed E-state index contributed by atoms with van der Waals surface area (Å²) in [5.74, 6) is -2.05. The van der Waals surface area contributed by atoms with E-state index in [1.54, 1.807) is 13.8 Å². The van der Waals surface area contributed by atoms with E-state index in [9.17, 15) is 14.4 Å². The van der Waals surface area contributed by atoms with E-state index < -0.39 is 24.8 Å². The van der Waals surface area contributed by atoms with Crippen LogP contribution in [0.25, 0.3) is 0 Å². The van der Waals surface area contributed by atoms with Gasteiger partial charge >= 0.3 is 11.9 Å². The zero-order valence-electron chi connectivity index (χ0n) is 8.63. The Morgan fingerprint density at radius 1 is 1.40 bits per heavy atom. The first-order valence-electron chi connectivity index (χ1n) is 4.43. The smallest absolute Gasteiger partial charge is 0.333 e. The van der Waals surface area contributed by atoms with Crippen LogP contribution in [0.4, 0.5) is 0 Å². The summed E-state index contributed by atoms with van der Waals surface area (Å²) in [6.07, 6.45) is -1.10. The molecule has 0 aliphatic rings. The summed E-state index contributed by atoms with van der Waals surface area (Å²) in [5, 5.41) is 8.55. The predicted octanol–water partition coefficient (Wildman–Crippen LogP) is 0.202. The Labute approximate surface area is 87.2 Å². The van der Waals surface area contributed by atoms with Crippen LogP contribution in [0.15, 0.2) is 0 Å². The molecule has 0 amide bonds. The van der Waals surface area contributed by atoms with Crippen LogP contribution in [0.5, 0.6) is 0 Å². The standard InChI is InChI=1S/C9H14O6/c1-6(2)9(13)15-5-14-7(3-4-10)8(11)12/h4,6-7H,3,5H2,1-2H3,(H,11,12). The lowest BCUT2D eigenvalue weighted by atomic mass is 10.2. The first-order chi connectivity index (χ1) is 6.99. The highest BCUT2D eigenvalue weighted by molar-refractivity contribution is 5.75. The SMILES string of the molecule is CC(C)C(=O)OCOC(CC=O)C(=O)O. The average Bonchev–Trinajstić information content (AvgIpc) is 2.15. The topological polar surface area (TPSA) is 89.9 Å². The Bertz CT molecular complexity index is 235. The summed E-state index contributed by atoms with van der Waals surface area (Å²) in [6, 6.07) is 0. The summed E-state index contributed by atoms with van der Waals surface area (Å²) in [6.45, 7) is 2.83. The summed E-state index contributed by atoms with van der Waals surface area (Å²) in [4.78, 5) is 31.5. The Balaban J connectivity index is 3.85. The molecule has 0 spiro atoms.